The first kappa shape index (κ1) is 20.3. The number of ether oxygens (including phenoxy) is 3. The average Bonchev–Trinajstić information content (AvgIpc) is 2.79. The number of para-hydroxylation sites is 2. The molecule has 0 radical (unpaired) electrons. The van der Waals surface area contributed by atoms with E-state index in [1.165, 1.54) is 4.90 Å². The Labute approximate surface area is 177 Å². The van der Waals surface area contributed by atoms with Gasteiger partial charge in [0.05, 0.1) is 45.0 Å². The van der Waals surface area contributed by atoms with E-state index in [0.717, 1.165) is 54.7 Å². The smallest absolute Gasteiger partial charge is 0.275 e. The summed E-state index contributed by atoms with van der Waals surface area (Å²) in [6, 6.07) is 13.9. The maximum absolute atomic E-state index is 12.6. The summed E-state index contributed by atoms with van der Waals surface area (Å²) >= 11 is 0. The van der Waals surface area contributed by atoms with Crippen LogP contribution in [0.1, 0.15) is 18.5 Å². The number of piperazine rings is 1. The number of rotatable bonds is 6. The van der Waals surface area contributed by atoms with Crippen molar-refractivity contribution < 1.29 is 23.9 Å². The van der Waals surface area contributed by atoms with Gasteiger partial charge in [-0.25, -0.2) is 0 Å². The molecule has 2 heterocycles. The second-order valence-corrected chi connectivity index (χ2v) is 7.78. The van der Waals surface area contributed by atoms with Crippen molar-refractivity contribution in [2.24, 2.45) is 0 Å². The molecule has 1 fully saturated rings. The predicted molar refractivity (Wildman–Crippen MR) is 115 cm³/mol. The fourth-order valence-corrected chi connectivity index (χ4v) is 4.06. The Kier molecular flexibility index (Phi) is 6.28. The van der Waals surface area contributed by atoms with Crippen molar-refractivity contribution in [3.8, 4) is 17.2 Å². The minimum atomic E-state index is -0.0809. The largest absolute Gasteiger partial charge is 0.495 e. The zero-order valence-corrected chi connectivity index (χ0v) is 17.6. The van der Waals surface area contributed by atoms with Gasteiger partial charge in [-0.05, 0) is 36.8 Å². The van der Waals surface area contributed by atoms with Gasteiger partial charge in [-0.2, -0.15) is 0 Å². The molecule has 7 nitrogen and oxygen atoms in total. The van der Waals surface area contributed by atoms with Gasteiger partial charge >= 0.3 is 0 Å². The highest BCUT2D eigenvalue weighted by Gasteiger charge is 2.24. The Morgan fingerprint density at radius 2 is 1.87 bits per heavy atom. The van der Waals surface area contributed by atoms with Crippen LogP contribution in [0.15, 0.2) is 42.5 Å². The van der Waals surface area contributed by atoms with Crippen molar-refractivity contribution >= 4 is 11.6 Å². The van der Waals surface area contributed by atoms with E-state index in [-0.39, 0.29) is 11.9 Å². The van der Waals surface area contributed by atoms with Gasteiger partial charge in [0.25, 0.3) is 5.91 Å². The van der Waals surface area contributed by atoms with Crippen LogP contribution in [0.3, 0.4) is 0 Å². The molecule has 0 unspecified atom stereocenters. The Balaban J connectivity index is 1.28. The van der Waals surface area contributed by atoms with Gasteiger partial charge in [-0.1, -0.05) is 18.2 Å². The molecule has 1 amide bonds. The number of fused-ring (bicyclic) bond motifs is 1. The van der Waals surface area contributed by atoms with Gasteiger partial charge < -0.3 is 29.3 Å². The molecular weight excluding hydrogens is 382 g/mol. The summed E-state index contributed by atoms with van der Waals surface area (Å²) in [5, 5.41) is 3.12. The lowest BCUT2D eigenvalue weighted by molar-refractivity contribution is -0.892. The summed E-state index contributed by atoms with van der Waals surface area (Å²) < 4.78 is 16.7. The molecule has 0 saturated carbocycles. The Hall–Kier alpha value is -2.93. The van der Waals surface area contributed by atoms with E-state index in [2.05, 4.69) is 16.3 Å². The van der Waals surface area contributed by atoms with E-state index in [0.29, 0.717) is 19.8 Å². The van der Waals surface area contributed by atoms with Gasteiger partial charge in [0.2, 0.25) is 0 Å². The number of anilines is 1. The van der Waals surface area contributed by atoms with Crippen LogP contribution in [0.2, 0.25) is 0 Å². The SMILES string of the molecule is COc1ccccc1N1CC[NH+](CC(=O)N[C@H](C)c2ccc3c(c2)OCCO3)CC1. The normalized spacial score (nSPS) is 17.3. The molecule has 2 aromatic rings. The van der Waals surface area contributed by atoms with Crippen molar-refractivity contribution in [2.45, 2.75) is 13.0 Å². The van der Waals surface area contributed by atoms with Gasteiger partial charge in [0, 0.05) is 0 Å². The number of hydrogen-bond donors (Lipinski definition) is 2. The lowest BCUT2D eigenvalue weighted by Gasteiger charge is -2.34. The Morgan fingerprint density at radius 3 is 2.63 bits per heavy atom. The van der Waals surface area contributed by atoms with Crippen LogP contribution < -0.4 is 29.3 Å². The van der Waals surface area contributed by atoms with Crippen molar-refractivity contribution in [3.05, 3.63) is 48.0 Å². The van der Waals surface area contributed by atoms with Crippen molar-refractivity contribution in [2.75, 3.05) is 57.9 Å². The summed E-state index contributed by atoms with van der Waals surface area (Å²) in [5.74, 6) is 2.48. The molecule has 30 heavy (non-hydrogen) atoms. The number of nitrogens with zero attached hydrogens (tertiary/aromatic N) is 1. The molecule has 0 aromatic heterocycles. The monoisotopic (exact) mass is 412 g/mol. The number of hydrogen-bond acceptors (Lipinski definition) is 5. The van der Waals surface area contributed by atoms with E-state index >= 15 is 0 Å². The second kappa shape index (κ2) is 9.26. The fourth-order valence-electron chi connectivity index (χ4n) is 4.06. The zero-order valence-electron chi connectivity index (χ0n) is 17.6. The lowest BCUT2D eigenvalue weighted by Crippen LogP contribution is -3.15. The zero-order chi connectivity index (χ0) is 20.9. The third-order valence-electron chi connectivity index (χ3n) is 5.75. The van der Waals surface area contributed by atoms with Crippen molar-refractivity contribution in [3.63, 3.8) is 0 Å². The second-order valence-electron chi connectivity index (χ2n) is 7.78. The van der Waals surface area contributed by atoms with E-state index in [1.54, 1.807) is 7.11 Å². The van der Waals surface area contributed by atoms with Crippen molar-refractivity contribution in [1.82, 2.24) is 5.32 Å². The third-order valence-corrected chi connectivity index (χ3v) is 5.75. The summed E-state index contributed by atoms with van der Waals surface area (Å²) in [7, 11) is 1.70. The lowest BCUT2D eigenvalue weighted by atomic mass is 10.1. The quantitative estimate of drug-likeness (QED) is 0.743. The van der Waals surface area contributed by atoms with Gasteiger partial charge in [0.15, 0.2) is 18.0 Å². The molecule has 2 aromatic carbocycles. The van der Waals surface area contributed by atoms with Crippen LogP contribution >= 0.6 is 0 Å². The first-order chi connectivity index (χ1) is 14.6. The molecule has 7 heteroatoms. The minimum absolute atomic E-state index is 0.0677. The molecule has 1 atom stereocenters. The van der Waals surface area contributed by atoms with Crippen LogP contribution in [0.25, 0.3) is 0 Å². The molecule has 0 aliphatic carbocycles. The minimum Gasteiger partial charge on any atom is -0.495 e. The fraction of sp³-hybridized carbons (Fsp3) is 0.435. The topological polar surface area (TPSA) is 64.5 Å². The highest BCUT2D eigenvalue weighted by molar-refractivity contribution is 5.77. The van der Waals surface area contributed by atoms with Gasteiger partial charge in [0.1, 0.15) is 19.0 Å². The maximum Gasteiger partial charge on any atom is 0.275 e. The van der Waals surface area contributed by atoms with Crippen LogP contribution in [0, 0.1) is 0 Å². The molecule has 4 rings (SSSR count). The number of methoxy groups -OCH3 is 1. The number of carbonyl (C=O) groups is 1. The Morgan fingerprint density at radius 1 is 1.13 bits per heavy atom. The number of quaternary nitrogens is 1. The molecule has 2 aliphatic heterocycles. The first-order valence-corrected chi connectivity index (χ1v) is 10.5. The molecule has 2 aliphatic rings. The van der Waals surface area contributed by atoms with E-state index in [9.17, 15) is 4.79 Å². The highest BCUT2D eigenvalue weighted by atomic mass is 16.6. The molecule has 160 valence electrons. The average molecular weight is 413 g/mol. The molecule has 1 saturated heterocycles. The highest BCUT2D eigenvalue weighted by Crippen LogP contribution is 2.32. The van der Waals surface area contributed by atoms with Crippen LogP contribution in [0.5, 0.6) is 17.2 Å². The predicted octanol–water partition coefficient (Wildman–Crippen LogP) is 1.05. The van der Waals surface area contributed by atoms with Crippen LogP contribution in [-0.2, 0) is 4.79 Å². The molecule has 2 N–H and O–H groups in total. The summed E-state index contributed by atoms with van der Waals surface area (Å²) in [4.78, 5) is 16.2. The Bertz CT molecular complexity index is 881. The van der Waals surface area contributed by atoms with E-state index < -0.39 is 0 Å². The number of benzene rings is 2. The summed E-state index contributed by atoms with van der Waals surface area (Å²) in [5.41, 5.74) is 2.14. The maximum atomic E-state index is 12.6. The summed E-state index contributed by atoms with van der Waals surface area (Å²) in [6.45, 7) is 7.26. The summed E-state index contributed by atoms with van der Waals surface area (Å²) in [6.07, 6.45) is 0. The van der Waals surface area contributed by atoms with E-state index in [1.807, 2.05) is 43.3 Å². The van der Waals surface area contributed by atoms with E-state index in [4.69, 9.17) is 14.2 Å². The number of amides is 1. The van der Waals surface area contributed by atoms with Crippen LogP contribution in [-0.4, -0.2) is 59.0 Å². The first-order valence-electron chi connectivity index (χ1n) is 10.5. The molecular formula is C23H30N3O4+. The van der Waals surface area contributed by atoms with Gasteiger partial charge in [-0.3, -0.25) is 4.79 Å². The molecule has 0 bridgehead atoms. The van der Waals surface area contributed by atoms with Gasteiger partial charge in [-0.15, -0.1) is 0 Å². The van der Waals surface area contributed by atoms with Crippen molar-refractivity contribution in [1.29, 1.82) is 0 Å². The van der Waals surface area contributed by atoms with Crippen LogP contribution in [0.4, 0.5) is 5.69 Å². The number of nitrogens with one attached hydrogen (secondary N) is 2. The molecule has 0 spiro atoms. The standard InChI is InChI=1S/C23H29N3O4/c1-17(18-7-8-21-22(15-18)30-14-13-29-21)24-23(27)16-25-9-11-26(12-10-25)19-5-3-4-6-20(19)28-2/h3-8,15,17H,9-14,16H2,1-2H3,(H,24,27)/p+1/t17-/m1/s1. The number of carbonyl (C=O) groups excluding carboxylic acids is 1. The third kappa shape index (κ3) is 4.62.